The molecular weight excluding hydrogens is 404 g/mol. The summed E-state index contributed by atoms with van der Waals surface area (Å²) in [6.45, 7) is 0. The average Bonchev–Trinajstić information content (AvgIpc) is 3.38. The van der Waals surface area contributed by atoms with Gasteiger partial charge in [-0.15, -0.1) is 0 Å². The summed E-state index contributed by atoms with van der Waals surface area (Å²) in [5.74, 6) is 0.920. The molecule has 5 rings (SSSR count). The predicted molar refractivity (Wildman–Crippen MR) is 123 cm³/mol. The maximum absolute atomic E-state index is 12.2. The van der Waals surface area contributed by atoms with Gasteiger partial charge in [0.2, 0.25) is 11.8 Å². The second kappa shape index (κ2) is 9.23. The lowest BCUT2D eigenvalue weighted by atomic mass is 9.89. The Bertz CT molecular complexity index is 937. The number of nitrogens with zero attached hydrogens (tertiary/aromatic N) is 2. The fourth-order valence-corrected chi connectivity index (χ4v) is 4.90. The van der Waals surface area contributed by atoms with Gasteiger partial charge in [0.1, 0.15) is 0 Å². The van der Waals surface area contributed by atoms with E-state index in [0.29, 0.717) is 23.2 Å². The summed E-state index contributed by atoms with van der Waals surface area (Å²) in [6, 6.07) is 7.58. The van der Waals surface area contributed by atoms with Gasteiger partial charge in [-0.1, -0.05) is 62.8 Å². The number of hydrogen-bond donors (Lipinski definition) is 0. The third-order valence-corrected chi connectivity index (χ3v) is 6.73. The topological polar surface area (TPSA) is 77.3 Å². The molecule has 4 aliphatic rings. The molecular formula is C26H28N2O4. The number of rotatable bonds is 4. The van der Waals surface area contributed by atoms with E-state index in [4.69, 9.17) is 9.47 Å². The zero-order valence-electron chi connectivity index (χ0n) is 18.2. The second-order valence-electron chi connectivity index (χ2n) is 9.07. The molecule has 0 unspecified atom stereocenters. The number of aliphatic imine (C=N–C) groups is 2. The lowest BCUT2D eigenvalue weighted by Gasteiger charge is -2.19. The first-order valence-corrected chi connectivity index (χ1v) is 11.8. The Labute approximate surface area is 188 Å². The summed E-state index contributed by atoms with van der Waals surface area (Å²) in [6.07, 6.45) is 14.8. The zero-order valence-corrected chi connectivity index (χ0v) is 18.2. The van der Waals surface area contributed by atoms with Crippen molar-refractivity contribution < 1.29 is 19.1 Å². The molecule has 2 aliphatic heterocycles. The third-order valence-electron chi connectivity index (χ3n) is 6.73. The van der Waals surface area contributed by atoms with Crippen molar-refractivity contribution in [1.29, 1.82) is 0 Å². The molecule has 0 N–H and O–H groups in total. The van der Waals surface area contributed by atoms with Crippen LogP contribution < -0.4 is 0 Å². The highest BCUT2D eigenvalue weighted by molar-refractivity contribution is 6.08. The van der Waals surface area contributed by atoms with Crippen LogP contribution in [0.4, 0.5) is 0 Å². The van der Waals surface area contributed by atoms with Gasteiger partial charge in [0.25, 0.3) is 0 Å². The van der Waals surface area contributed by atoms with E-state index in [9.17, 15) is 9.59 Å². The number of esters is 2. The van der Waals surface area contributed by atoms with Crippen LogP contribution in [0.15, 0.2) is 45.6 Å². The molecule has 1 aromatic carbocycles. The highest BCUT2D eigenvalue weighted by Gasteiger charge is 2.31. The van der Waals surface area contributed by atoms with Crippen molar-refractivity contribution in [2.75, 3.05) is 0 Å². The smallest absolute Gasteiger partial charge is 0.363 e. The van der Waals surface area contributed by atoms with Crippen LogP contribution in [0.1, 0.15) is 75.3 Å². The number of carbonyl (C=O) groups excluding carboxylic acids is 2. The van der Waals surface area contributed by atoms with Crippen LogP contribution in [-0.4, -0.2) is 23.7 Å². The van der Waals surface area contributed by atoms with Gasteiger partial charge in [-0.3, -0.25) is 0 Å². The number of ether oxygens (including phenoxy) is 2. The van der Waals surface area contributed by atoms with Crippen molar-refractivity contribution in [1.82, 2.24) is 0 Å². The number of hydrogen-bond acceptors (Lipinski definition) is 6. The van der Waals surface area contributed by atoms with Crippen molar-refractivity contribution in [2.24, 2.45) is 21.8 Å². The molecule has 0 bridgehead atoms. The molecule has 2 aliphatic carbocycles. The van der Waals surface area contributed by atoms with Gasteiger partial charge in [-0.05, 0) is 49.0 Å². The molecule has 32 heavy (non-hydrogen) atoms. The zero-order chi connectivity index (χ0) is 21.9. The first-order chi connectivity index (χ1) is 15.7. The maximum Gasteiger partial charge on any atom is 0.363 e. The Kier molecular flexibility index (Phi) is 6.02. The average molecular weight is 433 g/mol. The summed E-state index contributed by atoms with van der Waals surface area (Å²) in [4.78, 5) is 33.4. The van der Waals surface area contributed by atoms with Crippen molar-refractivity contribution in [3.63, 3.8) is 0 Å². The van der Waals surface area contributed by atoms with Crippen molar-refractivity contribution in [2.45, 2.75) is 64.2 Å². The van der Waals surface area contributed by atoms with Gasteiger partial charge in [-0.2, -0.15) is 0 Å². The minimum Gasteiger partial charge on any atom is -0.406 e. The minimum atomic E-state index is -0.380. The van der Waals surface area contributed by atoms with Crippen molar-refractivity contribution in [3.05, 3.63) is 46.8 Å². The van der Waals surface area contributed by atoms with Crippen LogP contribution in [0.3, 0.4) is 0 Å². The lowest BCUT2D eigenvalue weighted by molar-refractivity contribution is -0.131. The lowest BCUT2D eigenvalue weighted by Crippen LogP contribution is -2.19. The Hall–Kier alpha value is -3.02. The van der Waals surface area contributed by atoms with E-state index in [0.717, 1.165) is 62.5 Å². The van der Waals surface area contributed by atoms with Gasteiger partial charge >= 0.3 is 11.9 Å². The summed E-state index contributed by atoms with van der Waals surface area (Å²) >= 11 is 0. The van der Waals surface area contributed by atoms with E-state index < -0.39 is 0 Å². The van der Waals surface area contributed by atoms with Crippen LogP contribution in [0.2, 0.25) is 0 Å². The van der Waals surface area contributed by atoms with Crippen LogP contribution in [0.25, 0.3) is 12.2 Å². The second-order valence-corrected chi connectivity index (χ2v) is 9.07. The first-order valence-electron chi connectivity index (χ1n) is 11.8. The van der Waals surface area contributed by atoms with Crippen LogP contribution in [-0.2, 0) is 19.1 Å². The van der Waals surface area contributed by atoms with Gasteiger partial charge in [0.15, 0.2) is 11.4 Å². The van der Waals surface area contributed by atoms with E-state index in [2.05, 4.69) is 9.98 Å². The standard InChI is InChI=1S/C26H28N2O4/c29-25-21(27-23(31-25)19-7-3-1-4-8-19)15-17-11-13-18(14-12-17)16-22-26(30)32-24(28-22)20-9-5-2-6-10-20/h11-16,19-20H,1-10H2/b21-15-,22-16-. The third kappa shape index (κ3) is 4.59. The molecule has 1 aromatic rings. The summed E-state index contributed by atoms with van der Waals surface area (Å²) < 4.78 is 10.9. The summed E-state index contributed by atoms with van der Waals surface area (Å²) in [7, 11) is 0. The van der Waals surface area contributed by atoms with E-state index in [1.165, 1.54) is 12.8 Å². The van der Waals surface area contributed by atoms with Crippen molar-refractivity contribution >= 4 is 35.9 Å². The van der Waals surface area contributed by atoms with E-state index in [1.807, 2.05) is 24.3 Å². The Balaban J connectivity index is 1.29. The number of cyclic esters (lactones) is 2. The van der Waals surface area contributed by atoms with Crippen LogP contribution >= 0.6 is 0 Å². The first kappa shape index (κ1) is 20.9. The summed E-state index contributed by atoms with van der Waals surface area (Å²) in [5, 5.41) is 0. The molecule has 0 spiro atoms. The van der Waals surface area contributed by atoms with Crippen LogP contribution in [0, 0.1) is 11.8 Å². The Morgan fingerprint density at radius 2 is 1.00 bits per heavy atom. The number of carbonyl (C=O) groups is 2. The molecule has 6 heteroatoms. The van der Waals surface area contributed by atoms with E-state index in [1.54, 1.807) is 12.2 Å². The molecule has 0 radical (unpaired) electrons. The van der Waals surface area contributed by atoms with E-state index in [-0.39, 0.29) is 23.8 Å². The Morgan fingerprint density at radius 3 is 1.38 bits per heavy atom. The SMILES string of the molecule is O=C1OC(C2CCCCC2)=N/C1=C\c1ccc(/C=C2\N=C(C3CCCCC3)OC2=O)cc1. The van der Waals surface area contributed by atoms with Gasteiger partial charge in [0, 0.05) is 11.8 Å². The van der Waals surface area contributed by atoms with Gasteiger partial charge < -0.3 is 9.47 Å². The summed E-state index contributed by atoms with van der Waals surface area (Å²) in [5.41, 5.74) is 2.40. The quantitative estimate of drug-likeness (QED) is 0.469. The molecule has 6 nitrogen and oxygen atoms in total. The normalized spacial score (nSPS) is 25.1. The fourth-order valence-electron chi connectivity index (χ4n) is 4.90. The van der Waals surface area contributed by atoms with Crippen molar-refractivity contribution in [3.8, 4) is 0 Å². The molecule has 2 saturated carbocycles. The molecule has 0 aromatic heterocycles. The number of benzene rings is 1. The minimum absolute atomic E-state index is 0.262. The predicted octanol–water partition coefficient (Wildman–Crippen LogP) is 5.44. The molecule has 2 heterocycles. The molecule has 2 fully saturated rings. The maximum atomic E-state index is 12.2. The van der Waals surface area contributed by atoms with Gasteiger partial charge in [0.05, 0.1) is 0 Å². The van der Waals surface area contributed by atoms with Gasteiger partial charge in [-0.25, -0.2) is 19.6 Å². The fraction of sp³-hybridized carbons (Fsp3) is 0.462. The monoisotopic (exact) mass is 432 g/mol. The highest BCUT2D eigenvalue weighted by atomic mass is 16.6. The molecule has 0 saturated heterocycles. The van der Waals surface area contributed by atoms with Crippen LogP contribution in [0.5, 0.6) is 0 Å². The largest absolute Gasteiger partial charge is 0.406 e. The Morgan fingerprint density at radius 1 is 0.625 bits per heavy atom. The highest BCUT2D eigenvalue weighted by Crippen LogP contribution is 2.30. The molecule has 166 valence electrons. The molecule has 0 amide bonds. The van der Waals surface area contributed by atoms with E-state index >= 15 is 0 Å². The molecule has 0 atom stereocenters.